The standard InChI is InChI=1S/C13H14BrN3/c1-9-2-7-12-15-16-13(17(12)8-9)10-3-5-11(14)6-4-10/h3-6,9H,2,7-8H2,1H3. The number of aromatic nitrogens is 3. The maximum Gasteiger partial charge on any atom is 0.163 e. The molecule has 1 unspecified atom stereocenters. The molecule has 0 fully saturated rings. The summed E-state index contributed by atoms with van der Waals surface area (Å²) in [6.45, 7) is 3.32. The number of fused-ring (bicyclic) bond motifs is 1. The molecule has 0 saturated carbocycles. The molecule has 2 aromatic rings. The zero-order valence-electron chi connectivity index (χ0n) is 9.73. The lowest BCUT2D eigenvalue weighted by atomic mass is 10.0. The maximum absolute atomic E-state index is 4.33. The number of aryl methyl sites for hydroxylation is 1. The third kappa shape index (κ3) is 2.02. The van der Waals surface area contributed by atoms with Crippen LogP contribution in [0.2, 0.25) is 0 Å². The lowest BCUT2D eigenvalue weighted by Crippen LogP contribution is -2.18. The van der Waals surface area contributed by atoms with E-state index in [4.69, 9.17) is 0 Å². The van der Waals surface area contributed by atoms with E-state index < -0.39 is 0 Å². The molecule has 0 amide bonds. The average Bonchev–Trinajstić information content (AvgIpc) is 2.73. The van der Waals surface area contributed by atoms with Gasteiger partial charge in [0.1, 0.15) is 5.82 Å². The smallest absolute Gasteiger partial charge is 0.163 e. The molecule has 1 aromatic heterocycles. The fraction of sp³-hybridized carbons (Fsp3) is 0.385. The summed E-state index contributed by atoms with van der Waals surface area (Å²) in [4.78, 5) is 0. The van der Waals surface area contributed by atoms with Gasteiger partial charge >= 0.3 is 0 Å². The van der Waals surface area contributed by atoms with Gasteiger partial charge in [-0.25, -0.2) is 0 Å². The van der Waals surface area contributed by atoms with Gasteiger partial charge in [-0.15, -0.1) is 10.2 Å². The summed E-state index contributed by atoms with van der Waals surface area (Å²) in [7, 11) is 0. The van der Waals surface area contributed by atoms with Gasteiger partial charge in [-0.3, -0.25) is 0 Å². The minimum absolute atomic E-state index is 0.715. The fourth-order valence-corrected chi connectivity index (χ4v) is 2.57. The Bertz CT molecular complexity index is 530. The summed E-state index contributed by atoms with van der Waals surface area (Å²) in [5.41, 5.74) is 1.14. The summed E-state index contributed by atoms with van der Waals surface area (Å²) in [5.74, 6) is 2.84. The number of halogens is 1. The summed E-state index contributed by atoms with van der Waals surface area (Å²) in [6, 6.07) is 8.26. The molecule has 2 heterocycles. The largest absolute Gasteiger partial charge is 0.311 e. The van der Waals surface area contributed by atoms with Crippen LogP contribution in [0.5, 0.6) is 0 Å². The van der Waals surface area contributed by atoms with Gasteiger partial charge in [-0.2, -0.15) is 0 Å². The number of nitrogens with zero attached hydrogens (tertiary/aromatic N) is 3. The Morgan fingerprint density at radius 1 is 1.24 bits per heavy atom. The van der Waals surface area contributed by atoms with Crippen molar-refractivity contribution in [3.63, 3.8) is 0 Å². The Hall–Kier alpha value is -1.16. The number of rotatable bonds is 1. The molecule has 1 atom stereocenters. The van der Waals surface area contributed by atoms with Crippen LogP contribution in [-0.2, 0) is 13.0 Å². The van der Waals surface area contributed by atoms with Crippen molar-refractivity contribution in [3.05, 3.63) is 34.6 Å². The van der Waals surface area contributed by atoms with Crippen molar-refractivity contribution >= 4 is 15.9 Å². The lowest BCUT2D eigenvalue weighted by Gasteiger charge is -2.20. The van der Waals surface area contributed by atoms with E-state index in [-0.39, 0.29) is 0 Å². The van der Waals surface area contributed by atoms with Gasteiger partial charge in [-0.1, -0.05) is 35.0 Å². The Morgan fingerprint density at radius 2 is 2.00 bits per heavy atom. The van der Waals surface area contributed by atoms with E-state index in [9.17, 15) is 0 Å². The van der Waals surface area contributed by atoms with Crippen molar-refractivity contribution < 1.29 is 0 Å². The first-order chi connectivity index (χ1) is 8.24. The highest BCUT2D eigenvalue weighted by Gasteiger charge is 2.20. The zero-order chi connectivity index (χ0) is 11.8. The average molecular weight is 292 g/mol. The molecule has 0 N–H and O–H groups in total. The SMILES string of the molecule is CC1CCc2nnc(-c3ccc(Br)cc3)n2C1. The van der Waals surface area contributed by atoms with E-state index in [2.05, 4.69) is 49.8 Å². The summed E-state index contributed by atoms with van der Waals surface area (Å²) >= 11 is 3.45. The molecule has 3 rings (SSSR count). The van der Waals surface area contributed by atoms with Crippen molar-refractivity contribution in [2.75, 3.05) is 0 Å². The van der Waals surface area contributed by atoms with Crippen LogP contribution in [-0.4, -0.2) is 14.8 Å². The molecule has 4 heteroatoms. The maximum atomic E-state index is 4.33. The van der Waals surface area contributed by atoms with Gasteiger partial charge in [0.15, 0.2) is 5.82 Å². The van der Waals surface area contributed by atoms with Crippen molar-refractivity contribution in [1.29, 1.82) is 0 Å². The third-order valence-corrected chi connectivity index (χ3v) is 3.81. The van der Waals surface area contributed by atoms with Crippen molar-refractivity contribution in [2.45, 2.75) is 26.3 Å². The molecular weight excluding hydrogens is 278 g/mol. The van der Waals surface area contributed by atoms with Crippen LogP contribution in [0.3, 0.4) is 0 Å². The van der Waals surface area contributed by atoms with Gasteiger partial charge in [0, 0.05) is 23.0 Å². The quantitative estimate of drug-likeness (QED) is 0.807. The number of benzene rings is 1. The van der Waals surface area contributed by atoms with E-state index in [0.29, 0.717) is 5.92 Å². The minimum Gasteiger partial charge on any atom is -0.311 e. The van der Waals surface area contributed by atoms with Crippen LogP contribution >= 0.6 is 15.9 Å². The molecule has 3 nitrogen and oxygen atoms in total. The molecular formula is C13H14BrN3. The Morgan fingerprint density at radius 3 is 2.76 bits per heavy atom. The number of hydrogen-bond acceptors (Lipinski definition) is 2. The fourth-order valence-electron chi connectivity index (χ4n) is 2.30. The Labute approximate surface area is 109 Å². The molecule has 1 aromatic carbocycles. The minimum atomic E-state index is 0.715. The van der Waals surface area contributed by atoms with E-state index in [1.54, 1.807) is 0 Å². The molecule has 1 aliphatic rings. The van der Waals surface area contributed by atoms with E-state index in [1.165, 1.54) is 6.42 Å². The lowest BCUT2D eigenvalue weighted by molar-refractivity contribution is 0.396. The Kier molecular flexibility index (Phi) is 2.74. The highest BCUT2D eigenvalue weighted by atomic mass is 79.9. The summed E-state index contributed by atoms with van der Waals surface area (Å²) in [5, 5.41) is 8.62. The van der Waals surface area contributed by atoms with Gasteiger partial charge in [0.05, 0.1) is 0 Å². The number of hydrogen-bond donors (Lipinski definition) is 0. The van der Waals surface area contributed by atoms with Crippen LogP contribution in [0, 0.1) is 5.92 Å². The van der Waals surface area contributed by atoms with Crippen LogP contribution < -0.4 is 0 Å². The second-order valence-corrected chi connectivity index (χ2v) is 5.62. The van der Waals surface area contributed by atoms with Gasteiger partial charge < -0.3 is 4.57 Å². The highest BCUT2D eigenvalue weighted by Crippen LogP contribution is 2.26. The molecule has 0 aliphatic carbocycles. The zero-order valence-corrected chi connectivity index (χ0v) is 11.3. The molecule has 0 radical (unpaired) electrons. The van der Waals surface area contributed by atoms with Crippen molar-refractivity contribution in [2.24, 2.45) is 5.92 Å². The predicted octanol–water partition coefficient (Wildman–Crippen LogP) is 3.29. The third-order valence-electron chi connectivity index (χ3n) is 3.28. The van der Waals surface area contributed by atoms with Gasteiger partial charge in [-0.05, 0) is 24.5 Å². The molecule has 0 bridgehead atoms. The van der Waals surface area contributed by atoms with Crippen LogP contribution in [0.15, 0.2) is 28.7 Å². The summed E-state index contributed by atoms with van der Waals surface area (Å²) < 4.78 is 3.35. The second kappa shape index (κ2) is 4.26. The van der Waals surface area contributed by atoms with Gasteiger partial charge in [0.2, 0.25) is 0 Å². The first-order valence-corrected chi connectivity index (χ1v) is 6.71. The van der Waals surface area contributed by atoms with E-state index >= 15 is 0 Å². The molecule has 1 aliphatic heterocycles. The first kappa shape index (κ1) is 11.0. The van der Waals surface area contributed by atoms with Crippen molar-refractivity contribution in [3.8, 4) is 11.4 Å². The topological polar surface area (TPSA) is 30.7 Å². The predicted molar refractivity (Wildman–Crippen MR) is 70.6 cm³/mol. The summed E-state index contributed by atoms with van der Waals surface area (Å²) in [6.07, 6.45) is 2.27. The Balaban J connectivity index is 2.04. The van der Waals surface area contributed by atoms with Gasteiger partial charge in [0.25, 0.3) is 0 Å². The molecule has 0 spiro atoms. The molecule has 88 valence electrons. The van der Waals surface area contributed by atoms with E-state index in [1.807, 2.05) is 12.1 Å². The molecule has 17 heavy (non-hydrogen) atoms. The second-order valence-electron chi connectivity index (χ2n) is 4.70. The highest BCUT2D eigenvalue weighted by molar-refractivity contribution is 9.10. The van der Waals surface area contributed by atoms with Crippen LogP contribution in [0.1, 0.15) is 19.2 Å². The normalized spacial score (nSPS) is 19.1. The molecule has 0 saturated heterocycles. The first-order valence-electron chi connectivity index (χ1n) is 5.92. The monoisotopic (exact) mass is 291 g/mol. The van der Waals surface area contributed by atoms with E-state index in [0.717, 1.165) is 34.7 Å². The van der Waals surface area contributed by atoms with Crippen LogP contribution in [0.25, 0.3) is 11.4 Å². The van der Waals surface area contributed by atoms with Crippen molar-refractivity contribution in [1.82, 2.24) is 14.8 Å². The van der Waals surface area contributed by atoms with Crippen LogP contribution in [0.4, 0.5) is 0 Å².